The van der Waals surface area contributed by atoms with E-state index in [2.05, 4.69) is 146 Å². The minimum atomic E-state index is -0.217. The standard InChI is InChI=1S/C44H30N4.Pt/c1-5-13-29(14-6-1)41-33-21-23-35(45-33)42(30-15-7-2-8-16-30)37-25-27-39(47-37)44(32-19-11-4-12-20-32)40-28-26-38(48-40)43(31-17-9-3-10-18-31)36-24-22-34(41)46-36;/h1-28,33,40H;/q-2;+2/b41-34-,42-35-,43-38-,44-39-;. The number of fused-ring (bicyclic) bond motifs is 6. The number of hydrogen-bond donors (Lipinski definition) is 0. The maximum atomic E-state index is 5.40. The maximum Gasteiger partial charge on any atom is 2.00 e. The molecule has 4 nitrogen and oxygen atoms in total. The van der Waals surface area contributed by atoms with Gasteiger partial charge in [-0.25, -0.2) is 9.98 Å². The quantitative estimate of drug-likeness (QED) is 0.197. The summed E-state index contributed by atoms with van der Waals surface area (Å²) in [6.07, 6.45) is 17.2. The van der Waals surface area contributed by atoms with Crippen molar-refractivity contribution in [2.24, 2.45) is 9.98 Å². The molecular formula is C44H30N4Pt. The monoisotopic (exact) mass is 809 g/mol. The molecule has 236 valence electrons. The molecule has 0 N–H and O–H groups in total. The van der Waals surface area contributed by atoms with Gasteiger partial charge in [0.15, 0.2) is 0 Å². The molecule has 8 bridgehead atoms. The first kappa shape index (κ1) is 30.7. The number of benzene rings is 4. The molecule has 5 aliphatic heterocycles. The third-order valence-corrected chi connectivity index (χ3v) is 9.17. The van der Waals surface area contributed by atoms with Gasteiger partial charge in [0.2, 0.25) is 0 Å². The minimum absolute atomic E-state index is 0. The molecule has 0 radical (unpaired) electrons. The summed E-state index contributed by atoms with van der Waals surface area (Å²) in [5.41, 5.74) is 13.9. The molecule has 5 heteroatoms. The molecule has 49 heavy (non-hydrogen) atoms. The van der Waals surface area contributed by atoms with E-state index in [0.29, 0.717) is 0 Å². The van der Waals surface area contributed by atoms with Crippen LogP contribution in [-0.4, -0.2) is 23.5 Å². The normalized spacial score (nSPS) is 26.3. The Balaban J connectivity index is 0.00000348. The Hall–Kier alpha value is -5.57. The second-order valence-corrected chi connectivity index (χ2v) is 12.1. The van der Waals surface area contributed by atoms with E-state index in [4.69, 9.17) is 20.6 Å². The SMILES string of the molecule is C1=C/C2=C(\c3ccccc3)C3C=C/C(=C(\c4ccccc4)C4=N/C(=C(/c5ccccc5)C5C=C/C(=C(\c6ccccc6)C1=N2)[N-]5)C=C4)[N-]3.[Pt+2]. The van der Waals surface area contributed by atoms with Gasteiger partial charge in [0.1, 0.15) is 0 Å². The van der Waals surface area contributed by atoms with Gasteiger partial charge in [-0.15, -0.1) is 11.4 Å². The van der Waals surface area contributed by atoms with Crippen molar-refractivity contribution in [1.29, 1.82) is 0 Å². The van der Waals surface area contributed by atoms with Crippen molar-refractivity contribution < 1.29 is 21.1 Å². The molecule has 0 aromatic heterocycles. The Morgan fingerprint density at radius 1 is 0.388 bits per heavy atom. The van der Waals surface area contributed by atoms with Crippen molar-refractivity contribution in [3.63, 3.8) is 0 Å². The van der Waals surface area contributed by atoms with Crippen LogP contribution in [0.5, 0.6) is 0 Å². The van der Waals surface area contributed by atoms with Crippen LogP contribution in [0.1, 0.15) is 22.3 Å². The zero-order valence-electron chi connectivity index (χ0n) is 26.4. The molecule has 5 heterocycles. The van der Waals surface area contributed by atoms with Crippen molar-refractivity contribution in [1.82, 2.24) is 0 Å². The summed E-state index contributed by atoms with van der Waals surface area (Å²) in [5.74, 6) is 0. The molecule has 2 unspecified atom stereocenters. The van der Waals surface area contributed by atoms with E-state index in [-0.39, 0.29) is 33.1 Å². The predicted octanol–water partition coefficient (Wildman–Crippen LogP) is 10.3. The Morgan fingerprint density at radius 2 is 0.735 bits per heavy atom. The van der Waals surface area contributed by atoms with Crippen molar-refractivity contribution in [3.05, 3.63) is 226 Å². The Bertz CT molecular complexity index is 2090. The fourth-order valence-corrected chi connectivity index (χ4v) is 7.00. The van der Waals surface area contributed by atoms with Crippen molar-refractivity contribution in [2.75, 3.05) is 0 Å². The van der Waals surface area contributed by atoms with Crippen molar-refractivity contribution in [2.45, 2.75) is 12.1 Å². The van der Waals surface area contributed by atoms with Gasteiger partial charge in [-0.05, 0) is 68.9 Å². The first-order valence-corrected chi connectivity index (χ1v) is 16.3. The number of nitrogens with zero attached hydrogens (tertiary/aromatic N) is 4. The number of rotatable bonds is 4. The Kier molecular flexibility index (Phi) is 8.25. The molecular weight excluding hydrogens is 780 g/mol. The summed E-state index contributed by atoms with van der Waals surface area (Å²) in [6, 6.07) is 41.5. The molecule has 9 rings (SSSR count). The topological polar surface area (TPSA) is 52.9 Å². The van der Waals surface area contributed by atoms with Crippen molar-refractivity contribution >= 4 is 33.7 Å². The summed E-state index contributed by atoms with van der Waals surface area (Å²) in [5, 5.41) is 10.8. The van der Waals surface area contributed by atoms with Gasteiger partial charge >= 0.3 is 21.1 Å². The smallest absolute Gasteiger partial charge is 0.674 e. The zero-order valence-corrected chi connectivity index (χ0v) is 28.7. The summed E-state index contributed by atoms with van der Waals surface area (Å²) in [4.78, 5) is 10.7. The van der Waals surface area contributed by atoms with Crippen LogP contribution in [0.25, 0.3) is 32.9 Å². The third-order valence-electron chi connectivity index (χ3n) is 9.17. The van der Waals surface area contributed by atoms with Crippen molar-refractivity contribution in [3.8, 4) is 0 Å². The summed E-state index contributed by atoms with van der Waals surface area (Å²) < 4.78 is 0. The van der Waals surface area contributed by atoms with Gasteiger partial charge in [0, 0.05) is 0 Å². The van der Waals surface area contributed by atoms with Crippen LogP contribution >= 0.6 is 0 Å². The minimum Gasteiger partial charge on any atom is -0.674 e. The molecule has 0 saturated carbocycles. The molecule has 0 saturated heterocycles. The molecule has 0 amide bonds. The van der Waals surface area contributed by atoms with E-state index in [0.717, 1.165) is 78.8 Å². The van der Waals surface area contributed by atoms with Gasteiger partial charge < -0.3 is 10.6 Å². The average Bonchev–Trinajstić information content (AvgIpc) is 3.98. The third kappa shape index (κ3) is 5.69. The van der Waals surface area contributed by atoms with E-state index in [1.807, 2.05) is 24.3 Å². The van der Waals surface area contributed by atoms with Crippen LogP contribution < -0.4 is 0 Å². The van der Waals surface area contributed by atoms with E-state index >= 15 is 0 Å². The Labute approximate surface area is 301 Å². The van der Waals surface area contributed by atoms with Gasteiger partial charge in [0.25, 0.3) is 0 Å². The number of hydrogen-bond acceptors (Lipinski definition) is 2. The van der Waals surface area contributed by atoms with Gasteiger partial charge in [0.05, 0.1) is 22.8 Å². The average molecular weight is 810 g/mol. The fraction of sp³-hybridized carbons (Fsp3) is 0.0455. The molecule has 0 fully saturated rings. The van der Waals surface area contributed by atoms with Crippen LogP contribution in [0.4, 0.5) is 0 Å². The summed E-state index contributed by atoms with van der Waals surface area (Å²) in [7, 11) is 0. The van der Waals surface area contributed by atoms with E-state index in [9.17, 15) is 0 Å². The van der Waals surface area contributed by atoms with Crippen LogP contribution in [0.3, 0.4) is 0 Å². The van der Waals surface area contributed by atoms with Gasteiger partial charge in [-0.3, -0.25) is 0 Å². The van der Waals surface area contributed by atoms with Crippen LogP contribution in [-0.2, 0) is 21.1 Å². The van der Waals surface area contributed by atoms with E-state index in [1.54, 1.807) is 0 Å². The second-order valence-electron chi connectivity index (χ2n) is 12.1. The van der Waals surface area contributed by atoms with Crippen LogP contribution in [0.15, 0.2) is 203 Å². The Morgan fingerprint density at radius 3 is 1.10 bits per heavy atom. The molecule has 5 aliphatic rings. The number of allylic oxidation sites excluding steroid dienone is 8. The van der Waals surface area contributed by atoms with Gasteiger partial charge in [-0.2, -0.15) is 0 Å². The molecule has 4 aromatic carbocycles. The fourth-order valence-electron chi connectivity index (χ4n) is 7.00. The first-order valence-electron chi connectivity index (χ1n) is 16.3. The van der Waals surface area contributed by atoms with E-state index < -0.39 is 0 Å². The van der Waals surface area contributed by atoms with Gasteiger partial charge in [-0.1, -0.05) is 158 Å². The summed E-state index contributed by atoms with van der Waals surface area (Å²) >= 11 is 0. The largest absolute Gasteiger partial charge is 2.00 e. The van der Waals surface area contributed by atoms with Crippen LogP contribution in [0.2, 0.25) is 0 Å². The van der Waals surface area contributed by atoms with E-state index in [1.165, 1.54) is 0 Å². The first-order chi connectivity index (χ1) is 23.8. The summed E-state index contributed by atoms with van der Waals surface area (Å²) in [6.45, 7) is 0. The zero-order chi connectivity index (χ0) is 31.9. The molecule has 0 spiro atoms. The molecule has 0 aliphatic carbocycles. The predicted molar refractivity (Wildman–Crippen MR) is 199 cm³/mol. The molecule has 4 aromatic rings. The second kappa shape index (κ2) is 13.1. The maximum absolute atomic E-state index is 5.40. The number of aliphatic imine (C=N–C) groups is 2. The molecule has 2 atom stereocenters. The van der Waals surface area contributed by atoms with Crippen LogP contribution in [0, 0.1) is 0 Å².